The maximum atomic E-state index is 13.2. The van der Waals surface area contributed by atoms with E-state index in [0.29, 0.717) is 85.3 Å². The lowest BCUT2D eigenvalue weighted by Gasteiger charge is -2.51. The molecule has 0 spiro atoms. The number of hydrogen-bond donors (Lipinski definition) is 0. The predicted octanol–water partition coefficient (Wildman–Crippen LogP) is 6.06. The van der Waals surface area contributed by atoms with Crippen LogP contribution in [0.25, 0.3) is 0 Å². The third-order valence-electron chi connectivity index (χ3n) is 10.0. The molecule has 4 aromatic carbocycles. The molecule has 2 bridgehead atoms. The zero-order valence-electron chi connectivity index (χ0n) is 31.9. The molecular formula is C41H42O14. The van der Waals surface area contributed by atoms with E-state index in [1.54, 1.807) is 55.6 Å². The molecule has 290 valence electrons. The quantitative estimate of drug-likeness (QED) is 0.164. The van der Waals surface area contributed by atoms with Crippen molar-refractivity contribution in [2.75, 3.05) is 49.8 Å². The highest BCUT2D eigenvalue weighted by Crippen LogP contribution is 2.63. The van der Waals surface area contributed by atoms with Gasteiger partial charge in [0.15, 0.2) is 35.2 Å². The van der Waals surface area contributed by atoms with Crippen LogP contribution in [0.15, 0.2) is 54.6 Å². The van der Waals surface area contributed by atoms with Crippen LogP contribution in [0.3, 0.4) is 0 Å². The third kappa shape index (κ3) is 6.15. The van der Waals surface area contributed by atoms with E-state index in [-0.39, 0.29) is 6.42 Å². The van der Waals surface area contributed by atoms with E-state index in [9.17, 15) is 9.59 Å². The number of methoxy groups -OCH3 is 7. The van der Waals surface area contributed by atoms with Gasteiger partial charge in [0.05, 0.1) is 55.7 Å². The predicted molar refractivity (Wildman–Crippen MR) is 195 cm³/mol. The van der Waals surface area contributed by atoms with Crippen molar-refractivity contribution >= 4 is 11.9 Å². The van der Waals surface area contributed by atoms with Crippen LogP contribution in [-0.4, -0.2) is 73.9 Å². The molecule has 55 heavy (non-hydrogen) atoms. The van der Waals surface area contributed by atoms with Gasteiger partial charge in [-0.2, -0.15) is 0 Å². The van der Waals surface area contributed by atoms with Crippen LogP contribution in [0.1, 0.15) is 53.7 Å². The fourth-order valence-corrected chi connectivity index (χ4v) is 7.74. The molecule has 4 aromatic rings. The number of rotatable bonds is 11. The molecule has 3 heterocycles. The lowest BCUT2D eigenvalue weighted by Crippen LogP contribution is -2.59. The Kier molecular flexibility index (Phi) is 9.84. The summed E-state index contributed by atoms with van der Waals surface area (Å²) in [4.78, 5) is 25.7. The highest BCUT2D eigenvalue weighted by molar-refractivity contribution is 5.72. The lowest BCUT2D eigenvalue weighted by molar-refractivity contribution is -0.232. The topological polar surface area (TPSA) is 145 Å². The Morgan fingerprint density at radius 1 is 0.618 bits per heavy atom. The molecule has 0 unspecified atom stereocenters. The molecule has 0 N–H and O–H groups in total. The van der Waals surface area contributed by atoms with Crippen molar-refractivity contribution in [1.82, 2.24) is 0 Å². The molecule has 0 saturated heterocycles. The van der Waals surface area contributed by atoms with Crippen molar-refractivity contribution in [3.8, 4) is 57.5 Å². The summed E-state index contributed by atoms with van der Waals surface area (Å²) in [5.41, 5.74) is 2.78. The molecule has 5 atom stereocenters. The Morgan fingerprint density at radius 2 is 1.22 bits per heavy atom. The van der Waals surface area contributed by atoms with Crippen LogP contribution in [0.5, 0.6) is 57.5 Å². The molecular weight excluding hydrogens is 716 g/mol. The summed E-state index contributed by atoms with van der Waals surface area (Å²) in [7, 11) is 10.7. The minimum Gasteiger partial charge on any atom is -0.496 e. The van der Waals surface area contributed by atoms with Crippen LogP contribution >= 0.6 is 0 Å². The van der Waals surface area contributed by atoms with Crippen LogP contribution in [0.4, 0.5) is 0 Å². The molecule has 0 saturated carbocycles. The van der Waals surface area contributed by atoms with E-state index >= 15 is 0 Å². The number of hydrogen-bond acceptors (Lipinski definition) is 14. The average Bonchev–Trinajstić information content (AvgIpc) is 3.18. The highest BCUT2D eigenvalue weighted by atomic mass is 16.7. The van der Waals surface area contributed by atoms with Crippen molar-refractivity contribution < 1.29 is 66.4 Å². The first-order chi connectivity index (χ1) is 26.5. The van der Waals surface area contributed by atoms with E-state index < -0.39 is 42.0 Å². The van der Waals surface area contributed by atoms with Gasteiger partial charge in [0.1, 0.15) is 40.6 Å². The second-order valence-electron chi connectivity index (χ2n) is 13.0. The van der Waals surface area contributed by atoms with E-state index in [1.807, 2.05) is 6.07 Å². The van der Waals surface area contributed by atoms with Crippen LogP contribution in [0.2, 0.25) is 0 Å². The van der Waals surface area contributed by atoms with Crippen LogP contribution in [-0.2, 0) is 31.3 Å². The second kappa shape index (κ2) is 14.6. The molecule has 3 aliphatic rings. The number of fused-ring (bicyclic) bond motifs is 8. The third-order valence-corrected chi connectivity index (χ3v) is 10.0. The molecule has 14 heteroatoms. The maximum absolute atomic E-state index is 13.2. The summed E-state index contributed by atoms with van der Waals surface area (Å²) in [6, 6.07) is 15.7. The first-order valence-corrected chi connectivity index (χ1v) is 17.4. The summed E-state index contributed by atoms with van der Waals surface area (Å²) in [5.74, 6) is 0.415. The van der Waals surface area contributed by atoms with Gasteiger partial charge in [0, 0.05) is 66.3 Å². The normalized spacial score (nSPS) is 21.4. The zero-order valence-corrected chi connectivity index (χ0v) is 31.9. The number of benzene rings is 4. The molecule has 0 amide bonds. The van der Waals surface area contributed by atoms with E-state index in [1.165, 1.54) is 56.5 Å². The van der Waals surface area contributed by atoms with Crippen LogP contribution in [0, 0.1) is 0 Å². The first-order valence-electron chi connectivity index (χ1n) is 17.4. The smallest absolute Gasteiger partial charge is 0.316 e. The number of esters is 2. The summed E-state index contributed by atoms with van der Waals surface area (Å²) in [6.07, 6.45) is -2.60. The fraction of sp³-hybridized carbons (Fsp3) is 0.366. The van der Waals surface area contributed by atoms with Crippen molar-refractivity contribution in [3.05, 3.63) is 82.4 Å². The molecule has 0 fully saturated rings. The van der Waals surface area contributed by atoms with Gasteiger partial charge in [-0.3, -0.25) is 9.59 Å². The maximum Gasteiger partial charge on any atom is 0.316 e. The number of carbonyl (C=O) groups excluding carboxylic acids is 2. The van der Waals surface area contributed by atoms with E-state index in [4.69, 9.17) is 56.8 Å². The molecule has 7 rings (SSSR count). The summed E-state index contributed by atoms with van der Waals surface area (Å²) in [5, 5.41) is 0. The Balaban J connectivity index is 1.54. The largest absolute Gasteiger partial charge is 0.496 e. The average molecular weight is 759 g/mol. The molecule has 0 aliphatic carbocycles. The second-order valence-corrected chi connectivity index (χ2v) is 13.0. The van der Waals surface area contributed by atoms with Gasteiger partial charge < -0.3 is 56.8 Å². The van der Waals surface area contributed by atoms with Gasteiger partial charge in [0.2, 0.25) is 0 Å². The van der Waals surface area contributed by atoms with Crippen molar-refractivity contribution in [2.24, 2.45) is 0 Å². The zero-order chi connectivity index (χ0) is 39.2. The minimum absolute atomic E-state index is 0.194. The monoisotopic (exact) mass is 758 g/mol. The Hall–Kier alpha value is -6.18. The molecule has 0 aromatic heterocycles. The van der Waals surface area contributed by atoms with E-state index in [2.05, 4.69) is 0 Å². The van der Waals surface area contributed by atoms with Gasteiger partial charge >= 0.3 is 17.7 Å². The molecule has 0 radical (unpaired) electrons. The number of carbonyl (C=O) groups is 2. The van der Waals surface area contributed by atoms with Gasteiger partial charge in [-0.05, 0) is 30.3 Å². The minimum atomic E-state index is -1.80. The van der Waals surface area contributed by atoms with Crippen molar-refractivity contribution in [3.63, 3.8) is 0 Å². The lowest BCUT2D eigenvalue weighted by atomic mass is 9.74. The summed E-state index contributed by atoms with van der Waals surface area (Å²) < 4.78 is 73.0. The van der Waals surface area contributed by atoms with Crippen molar-refractivity contribution in [1.29, 1.82) is 0 Å². The van der Waals surface area contributed by atoms with E-state index in [0.717, 1.165) is 0 Å². The Labute approximate surface area is 317 Å². The van der Waals surface area contributed by atoms with Crippen LogP contribution < -0.4 is 47.4 Å². The van der Waals surface area contributed by atoms with Gasteiger partial charge in [-0.25, -0.2) is 0 Å². The Morgan fingerprint density at radius 3 is 1.82 bits per heavy atom. The molecule has 3 aliphatic heterocycles. The summed E-state index contributed by atoms with van der Waals surface area (Å²) in [6.45, 7) is 2.66. The van der Waals surface area contributed by atoms with Gasteiger partial charge in [0.25, 0.3) is 0 Å². The fourth-order valence-electron chi connectivity index (χ4n) is 7.74. The van der Waals surface area contributed by atoms with Crippen molar-refractivity contribution in [2.45, 2.75) is 50.3 Å². The van der Waals surface area contributed by atoms with Gasteiger partial charge in [-0.15, -0.1) is 0 Å². The molecule has 14 nitrogen and oxygen atoms in total. The SMILES string of the molecule is COc1cc(OC)c2c(c1)O[C@]1(c3ccc(OC)c(OC)c3)Oc3cc(OC)c4c(c3[C@H]2[C@@H]1OC(C)=O)O[C@H](c1ccc(OC)c(OC)c1)[C@H](OC(C)=O)C4. The number of ether oxygens (including phenoxy) is 12. The first kappa shape index (κ1) is 37.1. The standard InChI is InChI=1S/C41H42O14/c1-20(42)51-34-18-25-28(47-6)19-33-36(39(25)53-38(34)22-10-12-26(45-4)29(14-22)48-7)37-35-31(50-9)16-24(44-3)17-32(35)54-41(55-33,40(37)52-21(2)43)23-11-13-27(46-5)30(15-23)49-8/h10-17,19,34,37-38,40H,18H2,1-9H3/t34-,37+,38-,40+,41-/m1/s1. The summed E-state index contributed by atoms with van der Waals surface area (Å²) >= 11 is 0. The Bertz CT molecular complexity index is 2150. The van der Waals surface area contributed by atoms with Gasteiger partial charge in [-0.1, -0.05) is 6.07 Å². The highest BCUT2D eigenvalue weighted by Gasteiger charge is 2.62.